The largest absolute Gasteiger partial charge is 0.332 e. The van der Waals surface area contributed by atoms with Gasteiger partial charge in [0.1, 0.15) is 10.8 Å². The molecule has 2 aliphatic rings. The molecule has 2 amide bonds. The zero-order valence-corrected chi connectivity index (χ0v) is 15.7. The van der Waals surface area contributed by atoms with Crippen LogP contribution in [0.4, 0.5) is 9.93 Å². The summed E-state index contributed by atoms with van der Waals surface area (Å²) in [7, 11) is 0. The first kappa shape index (κ1) is 17.6. The summed E-state index contributed by atoms with van der Waals surface area (Å²) in [6.07, 6.45) is 6.98. The summed E-state index contributed by atoms with van der Waals surface area (Å²) in [5.74, 6) is 1.70. The molecule has 0 radical (unpaired) electrons. The third kappa shape index (κ3) is 3.72. The minimum atomic E-state index is -0.0833. The van der Waals surface area contributed by atoms with Gasteiger partial charge in [0, 0.05) is 24.9 Å². The Labute approximate surface area is 151 Å². The normalized spacial score (nSPS) is 20.8. The maximum absolute atomic E-state index is 12.7. The van der Waals surface area contributed by atoms with E-state index in [1.54, 1.807) is 9.80 Å². The van der Waals surface area contributed by atoms with Crippen LogP contribution in [0.15, 0.2) is 4.99 Å². The van der Waals surface area contributed by atoms with Gasteiger partial charge in [-0.15, -0.1) is 21.8 Å². The molecule has 0 spiro atoms. The Hall–Kier alpha value is -1.21. The molecule has 1 aliphatic heterocycles. The molecular formula is C16H24ClN5OS. The van der Waals surface area contributed by atoms with Gasteiger partial charge in [-0.3, -0.25) is 4.99 Å². The van der Waals surface area contributed by atoms with Gasteiger partial charge in [-0.05, 0) is 19.3 Å². The molecule has 1 saturated heterocycles. The van der Waals surface area contributed by atoms with Crippen molar-refractivity contribution in [1.82, 2.24) is 15.1 Å². The molecule has 24 heavy (non-hydrogen) atoms. The molecule has 6 nitrogen and oxygen atoms in total. The molecule has 0 aromatic carbocycles. The fraction of sp³-hybridized carbons (Fsp3) is 0.750. The Morgan fingerprint density at radius 2 is 2.12 bits per heavy atom. The van der Waals surface area contributed by atoms with Gasteiger partial charge in [0.05, 0.1) is 6.54 Å². The van der Waals surface area contributed by atoms with Crippen molar-refractivity contribution in [2.24, 2.45) is 4.99 Å². The summed E-state index contributed by atoms with van der Waals surface area (Å²) in [5.41, 5.74) is 0. The van der Waals surface area contributed by atoms with Gasteiger partial charge in [0.25, 0.3) is 0 Å². The van der Waals surface area contributed by atoms with E-state index in [2.05, 4.69) is 22.1 Å². The van der Waals surface area contributed by atoms with Crippen LogP contribution in [0.25, 0.3) is 0 Å². The molecule has 3 rings (SSSR count). The van der Waals surface area contributed by atoms with Crippen LogP contribution >= 0.6 is 22.9 Å². The quantitative estimate of drug-likeness (QED) is 0.541. The number of rotatable bonds is 7. The van der Waals surface area contributed by atoms with Crippen LogP contribution in [0.5, 0.6) is 0 Å². The predicted octanol–water partition coefficient (Wildman–Crippen LogP) is 3.88. The topological polar surface area (TPSA) is 61.7 Å². The lowest BCUT2D eigenvalue weighted by molar-refractivity contribution is 0.223. The summed E-state index contributed by atoms with van der Waals surface area (Å²) >= 11 is 7.36. The lowest BCUT2D eigenvalue weighted by Crippen LogP contribution is -2.34. The number of carbonyl (C=O) groups is 1. The minimum absolute atomic E-state index is 0.0833. The number of aromatic nitrogens is 2. The molecule has 1 aromatic rings. The van der Waals surface area contributed by atoms with Crippen molar-refractivity contribution in [2.75, 3.05) is 30.4 Å². The third-order valence-electron chi connectivity index (χ3n) is 4.54. The Balaban J connectivity index is 1.81. The van der Waals surface area contributed by atoms with Crippen LogP contribution < -0.4 is 4.90 Å². The van der Waals surface area contributed by atoms with Gasteiger partial charge < -0.3 is 4.90 Å². The average Bonchev–Trinajstić information content (AvgIpc) is 3.29. The van der Waals surface area contributed by atoms with E-state index >= 15 is 0 Å². The van der Waals surface area contributed by atoms with Gasteiger partial charge >= 0.3 is 6.03 Å². The second kappa shape index (κ2) is 8.25. The average molecular weight is 370 g/mol. The summed E-state index contributed by atoms with van der Waals surface area (Å²) in [6.45, 7) is 3.90. The van der Waals surface area contributed by atoms with Crippen LogP contribution in [0, 0.1) is 0 Å². The molecule has 1 saturated carbocycles. The zero-order valence-electron chi connectivity index (χ0n) is 14.1. The molecule has 2 fully saturated rings. The highest BCUT2D eigenvalue weighted by molar-refractivity contribution is 7.15. The fourth-order valence-corrected chi connectivity index (χ4v) is 4.40. The highest BCUT2D eigenvalue weighted by Gasteiger charge is 2.37. The smallest absolute Gasteiger partial charge is 0.315 e. The summed E-state index contributed by atoms with van der Waals surface area (Å²) in [6, 6.07) is -0.0833. The number of hydrogen-bond donors (Lipinski definition) is 0. The molecule has 1 aliphatic carbocycles. The van der Waals surface area contributed by atoms with Crippen molar-refractivity contribution in [1.29, 1.82) is 0 Å². The number of anilines is 1. The predicted molar refractivity (Wildman–Crippen MR) is 98.5 cm³/mol. The number of amides is 2. The molecule has 0 unspecified atom stereocenters. The maximum Gasteiger partial charge on any atom is 0.332 e. The van der Waals surface area contributed by atoms with Crippen LogP contribution in [0.2, 0.25) is 0 Å². The van der Waals surface area contributed by atoms with Gasteiger partial charge in [-0.2, -0.15) is 0 Å². The van der Waals surface area contributed by atoms with E-state index in [9.17, 15) is 4.79 Å². The lowest BCUT2D eigenvalue weighted by atomic mass is 10.1. The number of alkyl halides is 1. The molecule has 1 aromatic heterocycles. The fourth-order valence-electron chi connectivity index (χ4n) is 3.17. The number of halogens is 1. The second-order valence-electron chi connectivity index (χ2n) is 6.28. The monoisotopic (exact) mass is 369 g/mol. The molecule has 132 valence electrons. The van der Waals surface area contributed by atoms with Crippen molar-refractivity contribution < 1.29 is 4.79 Å². The number of unbranched alkanes of at least 4 members (excludes halogenated alkanes) is 1. The number of amidine groups is 1. The SMILES string of the molecule is CCCCN=C1CN(CCCl)C(=O)N1c1nnc(C2CCCC2)s1. The van der Waals surface area contributed by atoms with Crippen molar-refractivity contribution in [3.05, 3.63) is 5.01 Å². The van der Waals surface area contributed by atoms with Gasteiger partial charge in [-0.1, -0.05) is 37.5 Å². The van der Waals surface area contributed by atoms with Crippen molar-refractivity contribution in [3.8, 4) is 0 Å². The molecule has 2 heterocycles. The van der Waals surface area contributed by atoms with Crippen LogP contribution in [-0.4, -0.2) is 52.5 Å². The number of aliphatic imine (C=N–C) groups is 1. The Bertz CT molecular complexity index is 599. The van der Waals surface area contributed by atoms with Crippen LogP contribution in [-0.2, 0) is 0 Å². The highest BCUT2D eigenvalue weighted by Crippen LogP contribution is 2.38. The highest BCUT2D eigenvalue weighted by atomic mass is 35.5. The maximum atomic E-state index is 12.7. The van der Waals surface area contributed by atoms with E-state index in [-0.39, 0.29) is 6.03 Å². The molecule has 8 heteroatoms. The van der Waals surface area contributed by atoms with Gasteiger partial charge in [-0.25, -0.2) is 9.69 Å². The second-order valence-corrected chi connectivity index (χ2v) is 7.65. The first-order chi connectivity index (χ1) is 11.7. The number of urea groups is 1. The van der Waals surface area contributed by atoms with E-state index in [1.807, 2.05) is 0 Å². The minimum Gasteiger partial charge on any atom is -0.315 e. The van der Waals surface area contributed by atoms with Crippen molar-refractivity contribution >= 4 is 39.9 Å². The zero-order chi connectivity index (χ0) is 16.9. The lowest BCUT2D eigenvalue weighted by Gasteiger charge is -2.14. The number of carbonyl (C=O) groups excluding carboxylic acids is 1. The summed E-state index contributed by atoms with van der Waals surface area (Å²) in [4.78, 5) is 20.7. The first-order valence-electron chi connectivity index (χ1n) is 8.76. The van der Waals surface area contributed by atoms with Crippen molar-refractivity contribution in [3.63, 3.8) is 0 Å². The summed E-state index contributed by atoms with van der Waals surface area (Å²) < 4.78 is 0. The van der Waals surface area contributed by atoms with E-state index < -0.39 is 0 Å². The molecule has 0 atom stereocenters. The van der Waals surface area contributed by atoms with Gasteiger partial charge in [0.15, 0.2) is 0 Å². The Morgan fingerprint density at radius 3 is 2.83 bits per heavy atom. The van der Waals surface area contributed by atoms with Crippen molar-refractivity contribution in [2.45, 2.75) is 51.4 Å². The molecular weight excluding hydrogens is 346 g/mol. The summed E-state index contributed by atoms with van der Waals surface area (Å²) in [5, 5.41) is 10.4. The molecule has 0 bridgehead atoms. The van der Waals surface area contributed by atoms with E-state index in [4.69, 9.17) is 11.6 Å². The van der Waals surface area contributed by atoms with Crippen LogP contribution in [0.3, 0.4) is 0 Å². The van der Waals surface area contributed by atoms with E-state index in [0.29, 0.717) is 30.0 Å². The van der Waals surface area contributed by atoms with E-state index in [1.165, 1.54) is 37.0 Å². The number of nitrogens with zero attached hydrogens (tertiary/aromatic N) is 5. The van der Waals surface area contributed by atoms with Crippen LogP contribution in [0.1, 0.15) is 56.4 Å². The Kier molecular flexibility index (Phi) is 6.05. The standard InChI is InChI=1S/C16H24ClN5OS/c1-2-3-9-18-13-11-21(10-8-17)16(23)22(13)15-20-19-14(24-15)12-6-4-5-7-12/h12H,2-11H2,1H3. The van der Waals surface area contributed by atoms with Gasteiger partial charge in [0.2, 0.25) is 5.13 Å². The first-order valence-corrected chi connectivity index (χ1v) is 10.1. The Morgan fingerprint density at radius 1 is 1.33 bits per heavy atom. The molecule has 0 N–H and O–H groups in total. The number of hydrogen-bond acceptors (Lipinski definition) is 5. The third-order valence-corrected chi connectivity index (χ3v) is 5.78. The van der Waals surface area contributed by atoms with E-state index in [0.717, 1.165) is 30.2 Å².